The summed E-state index contributed by atoms with van der Waals surface area (Å²) in [5, 5.41) is 9.74. The molecule has 10 aromatic rings. The van der Waals surface area contributed by atoms with Crippen molar-refractivity contribution in [2.75, 3.05) is 0 Å². The zero-order chi connectivity index (χ0) is 34.4. The van der Waals surface area contributed by atoms with Gasteiger partial charge in [0.25, 0.3) is 0 Å². The molecule has 2 heterocycles. The van der Waals surface area contributed by atoms with Gasteiger partial charge in [0.05, 0.1) is 0 Å². The Morgan fingerprint density at radius 1 is 0.269 bits per heavy atom. The van der Waals surface area contributed by atoms with E-state index in [2.05, 4.69) is 132 Å². The summed E-state index contributed by atoms with van der Waals surface area (Å²) < 4.78 is 0. The van der Waals surface area contributed by atoms with Crippen molar-refractivity contribution in [2.24, 2.45) is 0 Å². The van der Waals surface area contributed by atoms with Gasteiger partial charge in [-0.05, 0) is 108 Å². The van der Waals surface area contributed by atoms with Crippen molar-refractivity contribution in [3.8, 4) is 56.4 Å². The van der Waals surface area contributed by atoms with Gasteiger partial charge in [0.15, 0.2) is 17.5 Å². The van der Waals surface area contributed by atoms with E-state index in [9.17, 15) is 0 Å². The number of pyridine rings is 1. The number of benzene rings is 8. The van der Waals surface area contributed by atoms with Crippen molar-refractivity contribution in [3.05, 3.63) is 182 Å². The van der Waals surface area contributed by atoms with Crippen molar-refractivity contribution in [1.29, 1.82) is 0 Å². The fourth-order valence-corrected chi connectivity index (χ4v) is 7.51. The summed E-state index contributed by atoms with van der Waals surface area (Å²) >= 11 is 0. The monoisotopic (exact) mass is 662 g/mol. The van der Waals surface area contributed by atoms with Crippen molar-refractivity contribution >= 4 is 43.1 Å². The Hall–Kier alpha value is -7.04. The number of hydrogen-bond donors (Lipinski definition) is 0. The maximum Gasteiger partial charge on any atom is 0.164 e. The van der Waals surface area contributed by atoms with Crippen LogP contribution in [0.15, 0.2) is 182 Å². The quantitative estimate of drug-likeness (QED) is 0.172. The third-order valence-corrected chi connectivity index (χ3v) is 9.96. The van der Waals surface area contributed by atoms with E-state index < -0.39 is 0 Å². The lowest BCUT2D eigenvalue weighted by Crippen LogP contribution is -2.00. The SMILES string of the molecule is c1ccc(-c2nc(-c3ccncc3)nc(-c3cc(-c4cc5ccccc5c5ccccc45)cc(-c4cc5ccccc5c5ccccc45)c3)n2)cc1. The highest BCUT2D eigenvalue weighted by Gasteiger charge is 2.18. The molecule has 2 aromatic heterocycles. The molecule has 242 valence electrons. The van der Waals surface area contributed by atoms with Crippen molar-refractivity contribution in [3.63, 3.8) is 0 Å². The minimum atomic E-state index is 0.602. The Morgan fingerprint density at radius 3 is 1.17 bits per heavy atom. The molecule has 0 radical (unpaired) electrons. The van der Waals surface area contributed by atoms with Gasteiger partial charge < -0.3 is 0 Å². The molecule has 0 atom stereocenters. The van der Waals surface area contributed by atoms with Crippen LogP contribution in [0.5, 0.6) is 0 Å². The van der Waals surface area contributed by atoms with Crippen LogP contribution in [0.1, 0.15) is 0 Å². The highest BCUT2D eigenvalue weighted by Crippen LogP contribution is 2.41. The van der Waals surface area contributed by atoms with Crippen LogP contribution in [-0.4, -0.2) is 19.9 Å². The molecule has 10 rings (SSSR count). The maximum atomic E-state index is 5.16. The van der Waals surface area contributed by atoms with Gasteiger partial charge in [-0.25, -0.2) is 15.0 Å². The van der Waals surface area contributed by atoms with Crippen LogP contribution in [-0.2, 0) is 0 Å². The summed E-state index contributed by atoms with van der Waals surface area (Å²) in [5.74, 6) is 1.83. The minimum Gasteiger partial charge on any atom is -0.265 e. The van der Waals surface area contributed by atoms with Gasteiger partial charge in [0, 0.05) is 29.1 Å². The molecule has 0 fully saturated rings. The molecule has 0 saturated carbocycles. The molecule has 0 bridgehead atoms. The summed E-state index contributed by atoms with van der Waals surface area (Å²) in [7, 11) is 0. The molecular formula is C48H30N4. The third kappa shape index (κ3) is 5.17. The molecule has 0 N–H and O–H groups in total. The van der Waals surface area contributed by atoms with Crippen LogP contribution in [0.4, 0.5) is 0 Å². The highest BCUT2D eigenvalue weighted by atomic mass is 15.0. The first kappa shape index (κ1) is 29.8. The van der Waals surface area contributed by atoms with Gasteiger partial charge in [0.2, 0.25) is 0 Å². The van der Waals surface area contributed by atoms with Crippen LogP contribution < -0.4 is 0 Å². The minimum absolute atomic E-state index is 0.602. The van der Waals surface area contributed by atoms with Crippen LogP contribution in [0.25, 0.3) is 99.5 Å². The number of fused-ring (bicyclic) bond motifs is 6. The number of hydrogen-bond acceptors (Lipinski definition) is 4. The number of nitrogens with zero attached hydrogens (tertiary/aromatic N) is 4. The summed E-state index contributed by atoms with van der Waals surface area (Å²) in [5.41, 5.74) is 7.24. The summed E-state index contributed by atoms with van der Waals surface area (Å²) in [6.07, 6.45) is 3.55. The van der Waals surface area contributed by atoms with Gasteiger partial charge in [0.1, 0.15) is 0 Å². The average Bonchev–Trinajstić information content (AvgIpc) is 3.23. The molecule has 52 heavy (non-hydrogen) atoms. The first-order valence-corrected chi connectivity index (χ1v) is 17.5. The Labute approximate surface area is 300 Å². The fourth-order valence-electron chi connectivity index (χ4n) is 7.51. The van der Waals surface area contributed by atoms with Gasteiger partial charge in [-0.15, -0.1) is 0 Å². The standard InChI is InChI=1S/C48H30N4/c1-2-12-31(13-3-1)46-50-47(32-22-24-49-25-23-32)52-48(51-46)37-27-35(44-29-33-14-4-6-16-38(33)40-18-8-10-20-42(40)44)26-36(28-37)45-30-34-15-5-7-17-39(34)41-19-9-11-21-43(41)45/h1-30H. The summed E-state index contributed by atoms with van der Waals surface area (Å²) in [4.78, 5) is 19.5. The van der Waals surface area contributed by atoms with Crippen LogP contribution in [0, 0.1) is 0 Å². The zero-order valence-electron chi connectivity index (χ0n) is 28.1. The Kier molecular flexibility index (Phi) is 7.10. The third-order valence-electron chi connectivity index (χ3n) is 9.96. The molecule has 0 amide bonds. The second kappa shape index (κ2) is 12.4. The van der Waals surface area contributed by atoms with E-state index in [1.165, 1.54) is 43.1 Å². The maximum absolute atomic E-state index is 5.16. The van der Waals surface area contributed by atoms with Crippen molar-refractivity contribution in [2.45, 2.75) is 0 Å². The molecule has 4 nitrogen and oxygen atoms in total. The molecule has 0 saturated heterocycles. The second-order valence-corrected chi connectivity index (χ2v) is 13.1. The first-order valence-electron chi connectivity index (χ1n) is 17.5. The molecule has 4 heteroatoms. The van der Waals surface area contributed by atoms with E-state index in [1.807, 2.05) is 42.5 Å². The van der Waals surface area contributed by atoms with E-state index in [1.54, 1.807) is 12.4 Å². The van der Waals surface area contributed by atoms with E-state index in [0.29, 0.717) is 17.5 Å². The second-order valence-electron chi connectivity index (χ2n) is 13.1. The largest absolute Gasteiger partial charge is 0.265 e. The molecule has 0 unspecified atom stereocenters. The highest BCUT2D eigenvalue weighted by molar-refractivity contribution is 6.16. The lowest BCUT2D eigenvalue weighted by molar-refractivity contribution is 1.07. The molecular weight excluding hydrogens is 633 g/mol. The number of aromatic nitrogens is 4. The van der Waals surface area contributed by atoms with Crippen LogP contribution in [0.2, 0.25) is 0 Å². The van der Waals surface area contributed by atoms with Crippen LogP contribution in [0.3, 0.4) is 0 Å². The van der Waals surface area contributed by atoms with Gasteiger partial charge >= 0.3 is 0 Å². The Balaban J connectivity index is 1.30. The van der Waals surface area contributed by atoms with E-state index in [4.69, 9.17) is 15.0 Å². The first-order chi connectivity index (χ1) is 25.8. The number of rotatable bonds is 5. The van der Waals surface area contributed by atoms with Gasteiger partial charge in [-0.2, -0.15) is 0 Å². The van der Waals surface area contributed by atoms with E-state index >= 15 is 0 Å². The molecule has 0 aliphatic carbocycles. The normalized spacial score (nSPS) is 11.5. The zero-order valence-corrected chi connectivity index (χ0v) is 28.1. The Bertz CT molecular complexity index is 2760. The van der Waals surface area contributed by atoms with Gasteiger partial charge in [-0.3, -0.25) is 4.98 Å². The predicted octanol–water partition coefficient (Wildman–Crippen LogP) is 12.2. The molecule has 0 aliphatic rings. The van der Waals surface area contributed by atoms with E-state index in [0.717, 1.165) is 38.9 Å². The van der Waals surface area contributed by atoms with Crippen molar-refractivity contribution < 1.29 is 0 Å². The average molecular weight is 663 g/mol. The Morgan fingerprint density at radius 2 is 0.654 bits per heavy atom. The fraction of sp³-hybridized carbons (Fsp3) is 0. The molecule has 0 aliphatic heterocycles. The van der Waals surface area contributed by atoms with Gasteiger partial charge in [-0.1, -0.05) is 127 Å². The van der Waals surface area contributed by atoms with Crippen molar-refractivity contribution in [1.82, 2.24) is 19.9 Å². The summed E-state index contributed by atoms with van der Waals surface area (Å²) in [6.45, 7) is 0. The van der Waals surface area contributed by atoms with E-state index in [-0.39, 0.29) is 0 Å². The van der Waals surface area contributed by atoms with Crippen LogP contribution >= 0.6 is 0 Å². The lowest BCUT2D eigenvalue weighted by Gasteiger charge is -2.16. The predicted molar refractivity (Wildman–Crippen MR) is 215 cm³/mol. The lowest BCUT2D eigenvalue weighted by atomic mass is 9.88. The summed E-state index contributed by atoms with van der Waals surface area (Å²) in [6, 6.07) is 60.1. The smallest absolute Gasteiger partial charge is 0.164 e. The molecule has 8 aromatic carbocycles. The topological polar surface area (TPSA) is 51.6 Å². The molecule has 0 spiro atoms.